The van der Waals surface area contributed by atoms with Crippen LogP contribution in [0.25, 0.3) is 0 Å². The number of halogens is 2. The van der Waals surface area contributed by atoms with E-state index in [2.05, 4.69) is 10.1 Å². The molecular weight excluding hydrogens is 355 g/mol. The van der Waals surface area contributed by atoms with E-state index in [4.69, 9.17) is 23.2 Å². The highest BCUT2D eigenvalue weighted by Crippen LogP contribution is 2.41. The molecule has 5 heteroatoms. The van der Waals surface area contributed by atoms with Gasteiger partial charge in [-0.3, -0.25) is 0 Å². The summed E-state index contributed by atoms with van der Waals surface area (Å²) < 4.78 is 0. The molecule has 2 aromatic carbocycles. The number of hydrogen-bond acceptors (Lipinski definition) is 3. The van der Waals surface area contributed by atoms with Gasteiger partial charge >= 0.3 is 0 Å². The summed E-state index contributed by atoms with van der Waals surface area (Å²) in [7, 11) is 0. The topological polar surface area (TPSA) is 45.5 Å². The van der Waals surface area contributed by atoms with Gasteiger partial charge in [-0.1, -0.05) is 89.0 Å². The molecule has 0 unspecified atom stereocenters. The van der Waals surface area contributed by atoms with Gasteiger partial charge in [0.25, 0.3) is 0 Å². The number of rotatable bonds is 4. The molecule has 0 saturated carbocycles. The summed E-state index contributed by atoms with van der Waals surface area (Å²) in [6, 6.07) is 23.1. The summed E-state index contributed by atoms with van der Waals surface area (Å²) in [5, 5.41) is 13.8. The Hall–Kier alpha value is -2.36. The van der Waals surface area contributed by atoms with Gasteiger partial charge in [0.15, 0.2) is 0 Å². The van der Waals surface area contributed by atoms with Crippen LogP contribution in [0.2, 0.25) is 10.3 Å². The largest absolute Gasteiger partial charge is 0.411 e. The van der Waals surface area contributed by atoms with Gasteiger partial charge in [-0.15, -0.1) is 0 Å². The van der Waals surface area contributed by atoms with Crippen LogP contribution in [0.15, 0.2) is 78.0 Å². The molecule has 3 rings (SSSR count). The van der Waals surface area contributed by atoms with Crippen molar-refractivity contribution in [3.8, 4) is 0 Å². The summed E-state index contributed by atoms with van der Waals surface area (Å²) in [5.41, 5.74) is 2.33. The molecule has 0 spiro atoms. The lowest BCUT2D eigenvalue weighted by Gasteiger charge is -2.35. The average molecular weight is 371 g/mol. The first kappa shape index (κ1) is 17.5. The highest BCUT2D eigenvalue weighted by atomic mass is 35.5. The van der Waals surface area contributed by atoms with Crippen molar-refractivity contribution in [1.82, 2.24) is 4.98 Å². The van der Waals surface area contributed by atoms with E-state index in [1.807, 2.05) is 60.7 Å². The summed E-state index contributed by atoms with van der Waals surface area (Å²) in [6.07, 6.45) is 0. The Kier molecular flexibility index (Phi) is 5.07. The van der Waals surface area contributed by atoms with Gasteiger partial charge in [0.1, 0.15) is 10.3 Å². The highest BCUT2D eigenvalue weighted by molar-refractivity contribution is 6.32. The second kappa shape index (κ2) is 7.26. The van der Waals surface area contributed by atoms with Crippen molar-refractivity contribution < 1.29 is 5.21 Å². The number of benzene rings is 2. The number of pyridine rings is 1. The highest BCUT2D eigenvalue weighted by Gasteiger charge is 2.40. The van der Waals surface area contributed by atoms with Gasteiger partial charge in [0, 0.05) is 0 Å². The lowest BCUT2D eigenvalue weighted by molar-refractivity contribution is 0.315. The van der Waals surface area contributed by atoms with E-state index in [1.54, 1.807) is 19.1 Å². The number of nitrogens with zero attached hydrogens (tertiary/aromatic N) is 2. The third-order valence-corrected chi connectivity index (χ3v) is 4.69. The lowest BCUT2D eigenvalue weighted by Crippen LogP contribution is -2.37. The van der Waals surface area contributed by atoms with Crippen LogP contribution in [-0.4, -0.2) is 15.9 Å². The van der Waals surface area contributed by atoms with Crippen molar-refractivity contribution in [1.29, 1.82) is 0 Å². The first-order valence-corrected chi connectivity index (χ1v) is 8.48. The molecular formula is C20H16Cl2N2O. The molecule has 0 fully saturated rings. The zero-order valence-corrected chi connectivity index (χ0v) is 15.0. The van der Waals surface area contributed by atoms with Crippen LogP contribution in [-0.2, 0) is 5.41 Å². The van der Waals surface area contributed by atoms with Gasteiger partial charge in [0.05, 0.1) is 11.1 Å². The predicted molar refractivity (Wildman–Crippen MR) is 102 cm³/mol. The molecule has 0 aliphatic carbocycles. The van der Waals surface area contributed by atoms with Crippen molar-refractivity contribution in [3.05, 3.63) is 99.8 Å². The van der Waals surface area contributed by atoms with Crippen LogP contribution in [0.5, 0.6) is 0 Å². The summed E-state index contributed by atoms with van der Waals surface area (Å²) in [4.78, 5) is 4.05. The molecule has 126 valence electrons. The van der Waals surface area contributed by atoms with Crippen molar-refractivity contribution in [2.45, 2.75) is 12.3 Å². The fraction of sp³-hybridized carbons (Fsp3) is 0.100. The molecule has 1 aromatic heterocycles. The first-order valence-electron chi connectivity index (χ1n) is 7.72. The average Bonchev–Trinajstić information content (AvgIpc) is 2.63. The summed E-state index contributed by atoms with van der Waals surface area (Å²) >= 11 is 12.4. The van der Waals surface area contributed by atoms with Crippen molar-refractivity contribution >= 4 is 28.9 Å². The minimum Gasteiger partial charge on any atom is -0.411 e. The second-order valence-corrected chi connectivity index (χ2v) is 6.44. The SMILES string of the molecule is C/C(=N/O)C(c1ccccc1)(c1ccccc1)c1cc(Cl)nc(Cl)c1. The quantitative estimate of drug-likeness (QED) is 0.282. The van der Waals surface area contributed by atoms with Gasteiger partial charge in [-0.2, -0.15) is 0 Å². The molecule has 0 bridgehead atoms. The maximum Gasteiger partial charge on any atom is 0.131 e. The monoisotopic (exact) mass is 370 g/mol. The van der Waals surface area contributed by atoms with Crippen molar-refractivity contribution in [3.63, 3.8) is 0 Å². The smallest absolute Gasteiger partial charge is 0.131 e. The normalized spacial score (nSPS) is 12.2. The third kappa shape index (κ3) is 3.13. The molecule has 0 amide bonds. The van der Waals surface area contributed by atoms with Crippen LogP contribution < -0.4 is 0 Å². The minimum absolute atomic E-state index is 0.282. The number of hydrogen-bond donors (Lipinski definition) is 1. The summed E-state index contributed by atoms with van der Waals surface area (Å²) in [6.45, 7) is 1.78. The van der Waals surface area contributed by atoms with E-state index in [0.29, 0.717) is 5.71 Å². The molecule has 0 radical (unpaired) electrons. The molecule has 0 saturated heterocycles. The van der Waals surface area contributed by atoms with Gasteiger partial charge < -0.3 is 5.21 Å². The van der Waals surface area contributed by atoms with Crippen LogP contribution >= 0.6 is 23.2 Å². The molecule has 0 aliphatic rings. The van der Waals surface area contributed by atoms with Crippen LogP contribution in [0.1, 0.15) is 23.6 Å². The summed E-state index contributed by atoms with van der Waals surface area (Å²) in [5.74, 6) is 0. The van der Waals surface area contributed by atoms with Crippen molar-refractivity contribution in [2.75, 3.05) is 0 Å². The van der Waals surface area contributed by atoms with Crippen LogP contribution in [0.4, 0.5) is 0 Å². The van der Waals surface area contributed by atoms with Gasteiger partial charge in [-0.25, -0.2) is 4.98 Å². The van der Waals surface area contributed by atoms with Gasteiger partial charge in [-0.05, 0) is 35.7 Å². The molecule has 1 N–H and O–H groups in total. The van der Waals surface area contributed by atoms with E-state index in [0.717, 1.165) is 16.7 Å². The molecule has 0 atom stereocenters. The Balaban J connectivity index is 2.45. The molecule has 3 aromatic rings. The fourth-order valence-electron chi connectivity index (χ4n) is 3.26. The fourth-order valence-corrected chi connectivity index (χ4v) is 3.72. The maximum atomic E-state index is 9.70. The maximum absolute atomic E-state index is 9.70. The molecule has 0 aliphatic heterocycles. The Morgan fingerprint density at radius 1 is 0.840 bits per heavy atom. The van der Waals surface area contributed by atoms with Crippen molar-refractivity contribution in [2.24, 2.45) is 5.16 Å². The number of oxime groups is 1. The van der Waals surface area contributed by atoms with Crippen LogP contribution in [0, 0.1) is 0 Å². The second-order valence-electron chi connectivity index (χ2n) is 5.67. The minimum atomic E-state index is -0.840. The Bertz CT molecular complexity index is 836. The zero-order valence-electron chi connectivity index (χ0n) is 13.5. The van der Waals surface area contributed by atoms with E-state index in [1.165, 1.54) is 0 Å². The molecule has 3 nitrogen and oxygen atoms in total. The third-order valence-electron chi connectivity index (χ3n) is 4.30. The lowest BCUT2D eigenvalue weighted by atomic mass is 9.67. The standard InChI is InChI=1S/C20H16Cl2N2O/c1-14(24-25)20(15-8-4-2-5-9-15,16-10-6-3-7-11-16)17-12-18(21)23-19(22)13-17/h2-13,25H,1H3/b24-14-. The van der Waals surface area contributed by atoms with Gasteiger partial charge in [0.2, 0.25) is 0 Å². The Morgan fingerprint density at radius 2 is 1.28 bits per heavy atom. The van der Waals surface area contributed by atoms with Crippen LogP contribution in [0.3, 0.4) is 0 Å². The first-order chi connectivity index (χ1) is 12.1. The predicted octanol–water partition coefficient (Wildman–Crippen LogP) is 5.57. The van der Waals surface area contributed by atoms with E-state index in [9.17, 15) is 5.21 Å². The Morgan fingerprint density at radius 3 is 1.68 bits per heavy atom. The van der Waals surface area contributed by atoms with E-state index >= 15 is 0 Å². The van der Waals surface area contributed by atoms with E-state index in [-0.39, 0.29) is 10.3 Å². The number of aromatic nitrogens is 1. The molecule has 25 heavy (non-hydrogen) atoms. The molecule has 1 heterocycles. The zero-order chi connectivity index (χ0) is 17.9. The Labute approximate surface area is 156 Å². The van der Waals surface area contributed by atoms with E-state index < -0.39 is 5.41 Å².